The van der Waals surface area contributed by atoms with E-state index in [0.717, 1.165) is 25.2 Å². The molecule has 4 rings (SSSR count). The van der Waals surface area contributed by atoms with E-state index in [1.165, 1.54) is 44.3 Å². The van der Waals surface area contributed by atoms with E-state index >= 15 is 0 Å². The minimum atomic E-state index is -5.08. The molecule has 2 saturated heterocycles. The van der Waals surface area contributed by atoms with Gasteiger partial charge in [-0.1, -0.05) is 0 Å². The molecular formula is C21H25F3N2O3S2. The number of piperidine rings is 2. The molecular weight excluding hydrogens is 449 g/mol. The summed E-state index contributed by atoms with van der Waals surface area (Å²) < 4.78 is 31.7. The molecule has 1 N–H and O–H groups in total. The van der Waals surface area contributed by atoms with Crippen LogP contribution < -0.4 is 0 Å². The highest BCUT2D eigenvalue weighted by atomic mass is 32.1. The summed E-state index contributed by atoms with van der Waals surface area (Å²) in [7, 11) is 0. The van der Waals surface area contributed by atoms with Gasteiger partial charge in [-0.15, -0.1) is 0 Å². The standard InChI is InChI=1S/C19H24N2OS2.C2HF3O2/c22-18(17-2-12-24-15-17)21-9-5-19(6-10-21)3-7-20(8-4-19)13-16-1-11-23-14-16;3-2(4,5)1(6)7/h1-2,11-12,14-15H,3-10,13H2;(H,6,7). The molecule has 0 saturated carbocycles. The molecule has 2 aliphatic heterocycles. The van der Waals surface area contributed by atoms with Gasteiger partial charge < -0.3 is 10.0 Å². The fourth-order valence-electron chi connectivity index (χ4n) is 4.08. The van der Waals surface area contributed by atoms with Crippen LogP contribution in [0.15, 0.2) is 33.7 Å². The van der Waals surface area contributed by atoms with Gasteiger partial charge in [-0.25, -0.2) is 4.79 Å². The number of hydrogen-bond donors (Lipinski definition) is 1. The Morgan fingerprint density at radius 2 is 1.52 bits per heavy atom. The van der Waals surface area contributed by atoms with Crippen molar-refractivity contribution in [2.45, 2.75) is 38.4 Å². The number of alkyl halides is 3. The van der Waals surface area contributed by atoms with Gasteiger partial charge in [0.05, 0.1) is 5.56 Å². The van der Waals surface area contributed by atoms with Crippen molar-refractivity contribution in [3.8, 4) is 0 Å². The van der Waals surface area contributed by atoms with Crippen LogP contribution >= 0.6 is 22.7 Å². The lowest BCUT2D eigenvalue weighted by molar-refractivity contribution is -0.192. The predicted molar refractivity (Wildman–Crippen MR) is 114 cm³/mol. The third-order valence-electron chi connectivity index (χ3n) is 6.02. The molecule has 0 aliphatic carbocycles. The lowest BCUT2D eigenvalue weighted by atomic mass is 9.71. The number of halogens is 3. The lowest BCUT2D eigenvalue weighted by Crippen LogP contribution is -2.48. The first kappa shape index (κ1) is 23.7. The Hall–Kier alpha value is -1.91. The zero-order valence-corrected chi connectivity index (χ0v) is 18.6. The second-order valence-corrected chi connectivity index (χ2v) is 9.57. The zero-order chi connectivity index (χ0) is 22.5. The van der Waals surface area contributed by atoms with Crippen molar-refractivity contribution < 1.29 is 27.9 Å². The summed E-state index contributed by atoms with van der Waals surface area (Å²) in [4.78, 5) is 26.0. The Morgan fingerprint density at radius 3 is 2.00 bits per heavy atom. The van der Waals surface area contributed by atoms with Crippen molar-refractivity contribution in [3.05, 3.63) is 44.8 Å². The second kappa shape index (κ2) is 10.1. The molecule has 1 spiro atoms. The summed E-state index contributed by atoms with van der Waals surface area (Å²) in [6, 6.07) is 4.18. The van der Waals surface area contributed by atoms with Crippen molar-refractivity contribution in [2.24, 2.45) is 5.41 Å². The molecule has 2 aromatic heterocycles. The molecule has 0 aromatic carbocycles. The number of aliphatic carboxylic acids is 1. The van der Waals surface area contributed by atoms with Gasteiger partial charge >= 0.3 is 12.1 Å². The second-order valence-electron chi connectivity index (χ2n) is 8.01. The van der Waals surface area contributed by atoms with Crippen molar-refractivity contribution in [3.63, 3.8) is 0 Å². The highest BCUT2D eigenvalue weighted by molar-refractivity contribution is 7.08. The van der Waals surface area contributed by atoms with Gasteiger partial charge in [0.1, 0.15) is 0 Å². The fourth-order valence-corrected chi connectivity index (χ4v) is 5.37. The molecule has 0 unspecified atom stereocenters. The first-order valence-corrected chi connectivity index (χ1v) is 11.9. The number of likely N-dealkylation sites (tertiary alicyclic amines) is 2. The van der Waals surface area contributed by atoms with Crippen LogP contribution in [0.4, 0.5) is 13.2 Å². The van der Waals surface area contributed by atoms with Crippen LogP contribution in [0.25, 0.3) is 0 Å². The van der Waals surface area contributed by atoms with Crippen molar-refractivity contribution in [2.75, 3.05) is 26.2 Å². The van der Waals surface area contributed by atoms with Gasteiger partial charge in [0, 0.05) is 25.0 Å². The predicted octanol–water partition coefficient (Wildman–Crippen LogP) is 4.96. The van der Waals surface area contributed by atoms with Gasteiger partial charge in [0.15, 0.2) is 0 Å². The Kier molecular flexibility index (Phi) is 7.77. The van der Waals surface area contributed by atoms with Crippen LogP contribution in [0.3, 0.4) is 0 Å². The zero-order valence-electron chi connectivity index (χ0n) is 16.9. The maximum absolute atomic E-state index is 12.5. The molecule has 170 valence electrons. The van der Waals surface area contributed by atoms with Crippen molar-refractivity contribution in [1.82, 2.24) is 9.80 Å². The number of thiophene rings is 2. The van der Waals surface area contributed by atoms with E-state index in [2.05, 4.69) is 26.6 Å². The number of carbonyl (C=O) groups is 2. The first-order chi connectivity index (χ1) is 14.7. The molecule has 1 amide bonds. The summed E-state index contributed by atoms with van der Waals surface area (Å²) >= 11 is 3.39. The molecule has 2 aliphatic rings. The molecule has 0 bridgehead atoms. The Bertz CT molecular complexity index is 836. The van der Waals surface area contributed by atoms with E-state index in [1.54, 1.807) is 22.7 Å². The van der Waals surface area contributed by atoms with Gasteiger partial charge in [-0.05, 0) is 78.0 Å². The normalized spacial score (nSPS) is 19.0. The monoisotopic (exact) mass is 474 g/mol. The average Bonchev–Trinajstić information content (AvgIpc) is 3.44. The number of carboxylic acid groups (broad SMARTS) is 1. The molecule has 2 aromatic rings. The number of rotatable bonds is 3. The van der Waals surface area contributed by atoms with Crippen LogP contribution in [-0.2, 0) is 11.3 Å². The molecule has 10 heteroatoms. The third kappa shape index (κ3) is 6.54. The molecule has 4 heterocycles. The summed E-state index contributed by atoms with van der Waals surface area (Å²) in [6.45, 7) is 5.36. The molecule has 2 fully saturated rings. The smallest absolute Gasteiger partial charge is 0.475 e. The highest BCUT2D eigenvalue weighted by Crippen LogP contribution is 2.41. The van der Waals surface area contributed by atoms with E-state index in [1.807, 2.05) is 16.8 Å². The number of nitrogens with zero attached hydrogens (tertiary/aromatic N) is 2. The summed E-state index contributed by atoms with van der Waals surface area (Å²) in [5.41, 5.74) is 2.80. The number of carboxylic acids is 1. The number of carbonyl (C=O) groups excluding carboxylic acids is 1. The van der Waals surface area contributed by atoms with E-state index in [4.69, 9.17) is 9.90 Å². The van der Waals surface area contributed by atoms with E-state index in [9.17, 15) is 18.0 Å². The van der Waals surface area contributed by atoms with Crippen LogP contribution in [0.5, 0.6) is 0 Å². The highest BCUT2D eigenvalue weighted by Gasteiger charge is 2.39. The largest absolute Gasteiger partial charge is 0.490 e. The van der Waals surface area contributed by atoms with Crippen LogP contribution in [0.2, 0.25) is 0 Å². The van der Waals surface area contributed by atoms with Gasteiger partial charge in [0.25, 0.3) is 5.91 Å². The average molecular weight is 475 g/mol. The van der Waals surface area contributed by atoms with Gasteiger partial charge in [-0.2, -0.15) is 35.8 Å². The van der Waals surface area contributed by atoms with Crippen molar-refractivity contribution >= 4 is 34.6 Å². The summed E-state index contributed by atoms with van der Waals surface area (Å²) in [5, 5.41) is 15.5. The van der Waals surface area contributed by atoms with Crippen LogP contribution in [-0.4, -0.2) is 59.1 Å². The van der Waals surface area contributed by atoms with Crippen LogP contribution in [0.1, 0.15) is 41.6 Å². The van der Waals surface area contributed by atoms with E-state index < -0.39 is 12.1 Å². The Balaban J connectivity index is 0.000000339. The van der Waals surface area contributed by atoms with Crippen molar-refractivity contribution in [1.29, 1.82) is 0 Å². The maximum atomic E-state index is 12.5. The molecule has 0 atom stereocenters. The van der Waals surface area contributed by atoms with E-state index in [-0.39, 0.29) is 5.91 Å². The topological polar surface area (TPSA) is 60.9 Å². The lowest BCUT2D eigenvalue weighted by Gasteiger charge is -2.46. The minimum absolute atomic E-state index is 0.223. The van der Waals surface area contributed by atoms with Gasteiger partial charge in [-0.3, -0.25) is 9.69 Å². The molecule has 31 heavy (non-hydrogen) atoms. The number of amides is 1. The fraction of sp³-hybridized carbons (Fsp3) is 0.524. The Labute approximate surface area is 187 Å². The third-order valence-corrected chi connectivity index (χ3v) is 7.44. The van der Waals surface area contributed by atoms with Gasteiger partial charge in [0.2, 0.25) is 0 Å². The number of hydrogen-bond acceptors (Lipinski definition) is 5. The summed E-state index contributed by atoms with van der Waals surface area (Å²) in [6.07, 6.45) is -0.153. The van der Waals surface area contributed by atoms with Crippen LogP contribution in [0, 0.1) is 5.41 Å². The van der Waals surface area contributed by atoms with E-state index in [0.29, 0.717) is 5.41 Å². The molecule has 0 radical (unpaired) electrons. The maximum Gasteiger partial charge on any atom is 0.490 e. The molecule has 5 nitrogen and oxygen atoms in total. The quantitative estimate of drug-likeness (QED) is 0.683. The summed E-state index contributed by atoms with van der Waals surface area (Å²) in [5.74, 6) is -2.53. The SMILES string of the molecule is O=C(O)C(F)(F)F.O=C(c1ccsc1)N1CCC2(CCN(Cc3ccsc3)CC2)CC1. The minimum Gasteiger partial charge on any atom is -0.475 e. The first-order valence-electron chi connectivity index (χ1n) is 10.0. The Morgan fingerprint density at radius 1 is 0.968 bits per heavy atom.